The Morgan fingerprint density at radius 1 is 1.38 bits per heavy atom. The SMILES string of the molecule is COc1c2c(cc3c1[C@@H](CC(=O)/C=C/[C@H]1CC=C(C)C[C@@H]1C)[NH+](C)CC3)OCO2. The molecule has 5 nitrogen and oxygen atoms in total. The monoisotopic (exact) mass is 398 g/mol. The third kappa shape index (κ3) is 3.93. The lowest BCUT2D eigenvalue weighted by atomic mass is 9.81. The fraction of sp³-hybridized carbons (Fsp3) is 0.542. The van der Waals surface area contributed by atoms with Crippen molar-refractivity contribution in [3.05, 3.63) is 41.0 Å². The van der Waals surface area contributed by atoms with Crippen molar-refractivity contribution in [2.75, 3.05) is 27.5 Å². The van der Waals surface area contributed by atoms with Crippen LogP contribution in [0.5, 0.6) is 17.2 Å². The zero-order valence-electron chi connectivity index (χ0n) is 17.9. The molecular formula is C24H32NO4+. The van der Waals surface area contributed by atoms with Crippen molar-refractivity contribution in [2.24, 2.45) is 11.8 Å². The maximum absolute atomic E-state index is 12.9. The molecule has 1 unspecified atom stereocenters. The summed E-state index contributed by atoms with van der Waals surface area (Å²) in [7, 11) is 3.83. The van der Waals surface area contributed by atoms with Gasteiger partial charge in [-0.25, -0.2) is 0 Å². The molecular weight excluding hydrogens is 366 g/mol. The molecule has 0 spiro atoms. The highest BCUT2D eigenvalue weighted by Crippen LogP contribution is 2.47. The van der Waals surface area contributed by atoms with Crippen LogP contribution in [0.1, 0.15) is 50.3 Å². The third-order valence-corrected chi connectivity index (χ3v) is 6.73. The standard InChI is InChI=1S/C24H31NO4/c1-15-5-6-17(16(2)11-15)7-8-19(26)13-20-22-18(9-10-25(20)3)12-21-23(24(22)27-4)29-14-28-21/h5,7-8,12,16-17,20H,6,9-11,13-14H2,1-4H3/p+1/b8-7+/t16-,17+,20+/m0/s1. The van der Waals surface area contributed by atoms with E-state index < -0.39 is 0 Å². The first-order chi connectivity index (χ1) is 14.0. The number of carbonyl (C=O) groups excluding carboxylic acids is 1. The molecule has 0 bridgehead atoms. The molecule has 0 fully saturated rings. The number of methoxy groups -OCH3 is 1. The van der Waals surface area contributed by atoms with Gasteiger partial charge in [0.2, 0.25) is 12.5 Å². The Bertz CT molecular complexity index is 857. The first-order valence-electron chi connectivity index (χ1n) is 10.7. The number of allylic oxidation sites excluding steroid dienone is 4. The van der Waals surface area contributed by atoms with Gasteiger partial charge >= 0.3 is 0 Å². The van der Waals surface area contributed by atoms with Crippen LogP contribution in [-0.2, 0) is 11.2 Å². The van der Waals surface area contributed by atoms with Gasteiger partial charge < -0.3 is 19.1 Å². The van der Waals surface area contributed by atoms with Gasteiger partial charge in [-0.05, 0) is 49.3 Å². The fourth-order valence-electron chi connectivity index (χ4n) is 4.98. The second-order valence-electron chi connectivity index (χ2n) is 8.78. The van der Waals surface area contributed by atoms with Crippen LogP contribution < -0.4 is 19.1 Å². The van der Waals surface area contributed by atoms with Gasteiger partial charge in [0.05, 0.1) is 32.7 Å². The van der Waals surface area contributed by atoms with E-state index in [0.29, 0.717) is 24.0 Å². The molecule has 0 aromatic heterocycles. The first kappa shape index (κ1) is 20.0. The van der Waals surface area contributed by atoms with E-state index in [9.17, 15) is 4.79 Å². The van der Waals surface area contributed by atoms with E-state index in [2.05, 4.69) is 39.1 Å². The van der Waals surface area contributed by atoms with Crippen LogP contribution in [0.15, 0.2) is 29.9 Å². The molecule has 0 saturated heterocycles. The molecule has 1 aromatic rings. The number of carbonyl (C=O) groups is 1. The molecule has 3 aliphatic rings. The molecule has 2 heterocycles. The molecule has 1 aliphatic carbocycles. The smallest absolute Gasteiger partial charge is 0.231 e. The lowest BCUT2D eigenvalue weighted by Crippen LogP contribution is -3.10. The summed E-state index contributed by atoms with van der Waals surface area (Å²) in [4.78, 5) is 14.2. The number of benzene rings is 1. The summed E-state index contributed by atoms with van der Waals surface area (Å²) in [6, 6.07) is 2.13. The molecule has 0 radical (unpaired) electrons. The first-order valence-corrected chi connectivity index (χ1v) is 10.7. The number of likely N-dealkylation sites (N-methyl/N-ethyl adjacent to an activating group) is 1. The number of ether oxygens (including phenoxy) is 3. The summed E-state index contributed by atoms with van der Waals surface area (Å²) in [6.45, 7) is 5.68. The Balaban J connectivity index is 1.55. The van der Waals surface area contributed by atoms with Crippen molar-refractivity contribution in [1.29, 1.82) is 0 Å². The summed E-state index contributed by atoms with van der Waals surface area (Å²) in [5.41, 5.74) is 3.77. The maximum Gasteiger partial charge on any atom is 0.231 e. The largest absolute Gasteiger partial charge is 0.492 e. The quantitative estimate of drug-likeness (QED) is 0.612. The minimum atomic E-state index is 0.0614. The van der Waals surface area contributed by atoms with Crippen LogP contribution in [0.25, 0.3) is 0 Å². The second kappa shape index (κ2) is 8.23. The molecule has 2 aliphatic heterocycles. The van der Waals surface area contributed by atoms with Crippen molar-refractivity contribution in [3.63, 3.8) is 0 Å². The zero-order chi connectivity index (χ0) is 20.5. The molecule has 4 rings (SSSR count). The molecule has 0 saturated carbocycles. The van der Waals surface area contributed by atoms with Crippen LogP contribution in [0.4, 0.5) is 0 Å². The van der Waals surface area contributed by atoms with Gasteiger partial charge in [0.1, 0.15) is 6.04 Å². The van der Waals surface area contributed by atoms with Crippen molar-refractivity contribution in [2.45, 2.75) is 45.6 Å². The number of fused-ring (bicyclic) bond motifs is 2. The van der Waals surface area contributed by atoms with E-state index in [-0.39, 0.29) is 18.6 Å². The van der Waals surface area contributed by atoms with Gasteiger partial charge in [-0.3, -0.25) is 4.79 Å². The number of rotatable bonds is 5. The van der Waals surface area contributed by atoms with Gasteiger partial charge in [-0.2, -0.15) is 0 Å². The lowest BCUT2D eigenvalue weighted by molar-refractivity contribution is -0.914. The van der Waals surface area contributed by atoms with Crippen molar-refractivity contribution >= 4 is 5.78 Å². The molecule has 5 heteroatoms. The maximum atomic E-state index is 12.9. The lowest BCUT2D eigenvalue weighted by Gasteiger charge is -2.32. The van der Waals surface area contributed by atoms with Gasteiger partial charge in [0.15, 0.2) is 17.3 Å². The molecule has 4 atom stereocenters. The third-order valence-electron chi connectivity index (χ3n) is 6.73. The number of quaternary nitrogens is 1. The van der Waals surface area contributed by atoms with E-state index in [0.717, 1.165) is 42.9 Å². The van der Waals surface area contributed by atoms with Crippen molar-refractivity contribution < 1.29 is 23.9 Å². The van der Waals surface area contributed by atoms with Gasteiger partial charge in [-0.1, -0.05) is 24.6 Å². The van der Waals surface area contributed by atoms with Crippen LogP contribution >= 0.6 is 0 Å². The van der Waals surface area contributed by atoms with Crippen LogP contribution in [0, 0.1) is 11.8 Å². The average molecular weight is 399 g/mol. The van der Waals surface area contributed by atoms with Gasteiger partial charge in [0.25, 0.3) is 0 Å². The molecule has 0 amide bonds. The number of nitrogens with one attached hydrogen (secondary N) is 1. The van der Waals surface area contributed by atoms with E-state index in [1.54, 1.807) is 7.11 Å². The Labute approximate surface area is 173 Å². The predicted octanol–water partition coefficient (Wildman–Crippen LogP) is 3.04. The number of hydrogen-bond donors (Lipinski definition) is 1. The topological polar surface area (TPSA) is 49.2 Å². The zero-order valence-corrected chi connectivity index (χ0v) is 17.9. The fourth-order valence-corrected chi connectivity index (χ4v) is 4.98. The van der Waals surface area contributed by atoms with Crippen molar-refractivity contribution in [1.82, 2.24) is 0 Å². The number of ketones is 1. The Morgan fingerprint density at radius 3 is 2.97 bits per heavy atom. The minimum absolute atomic E-state index is 0.0614. The molecule has 1 aromatic carbocycles. The van der Waals surface area contributed by atoms with Crippen LogP contribution in [0.3, 0.4) is 0 Å². The molecule has 1 N–H and O–H groups in total. The van der Waals surface area contributed by atoms with Crippen molar-refractivity contribution in [3.8, 4) is 17.2 Å². The Morgan fingerprint density at radius 2 is 2.21 bits per heavy atom. The van der Waals surface area contributed by atoms with Gasteiger partial charge in [0, 0.05) is 6.42 Å². The number of hydrogen-bond acceptors (Lipinski definition) is 4. The van der Waals surface area contributed by atoms with Crippen LogP contribution in [-0.4, -0.2) is 33.3 Å². The summed E-state index contributed by atoms with van der Waals surface area (Å²) in [5, 5.41) is 0. The summed E-state index contributed by atoms with van der Waals surface area (Å²) in [6.07, 6.45) is 9.83. The van der Waals surface area contributed by atoms with Crippen LogP contribution in [0.2, 0.25) is 0 Å². The summed E-state index contributed by atoms with van der Waals surface area (Å²) < 4.78 is 17.0. The van der Waals surface area contributed by atoms with Gasteiger partial charge in [-0.15, -0.1) is 0 Å². The predicted molar refractivity (Wildman–Crippen MR) is 112 cm³/mol. The minimum Gasteiger partial charge on any atom is -0.492 e. The van der Waals surface area contributed by atoms with E-state index in [4.69, 9.17) is 14.2 Å². The van der Waals surface area contributed by atoms with E-state index in [1.807, 2.05) is 6.08 Å². The summed E-state index contributed by atoms with van der Waals surface area (Å²) in [5.74, 6) is 3.38. The highest BCUT2D eigenvalue weighted by molar-refractivity contribution is 5.90. The Hall–Kier alpha value is -2.27. The normalized spacial score (nSPS) is 28.2. The summed E-state index contributed by atoms with van der Waals surface area (Å²) >= 11 is 0. The second-order valence-corrected chi connectivity index (χ2v) is 8.78. The van der Waals surface area contributed by atoms with E-state index >= 15 is 0 Å². The van der Waals surface area contributed by atoms with E-state index in [1.165, 1.54) is 16.0 Å². The molecule has 29 heavy (non-hydrogen) atoms. The highest BCUT2D eigenvalue weighted by atomic mass is 16.7. The highest BCUT2D eigenvalue weighted by Gasteiger charge is 2.37. The Kier molecular flexibility index (Phi) is 5.68. The average Bonchev–Trinajstić information content (AvgIpc) is 3.16. The molecule has 156 valence electrons.